The summed E-state index contributed by atoms with van der Waals surface area (Å²) in [6, 6.07) is 13.3. The van der Waals surface area contributed by atoms with Crippen LogP contribution in [-0.4, -0.2) is 34.7 Å². The quantitative estimate of drug-likeness (QED) is 0.398. The van der Waals surface area contributed by atoms with Crippen LogP contribution in [0.2, 0.25) is 0 Å². The van der Waals surface area contributed by atoms with Crippen LogP contribution in [-0.2, 0) is 15.0 Å². The first-order valence-corrected chi connectivity index (χ1v) is 10.9. The molecule has 7 nitrogen and oxygen atoms in total. The van der Waals surface area contributed by atoms with E-state index in [2.05, 4.69) is 20.8 Å². The fraction of sp³-hybridized carbons (Fsp3) is 0.360. The number of benzene rings is 2. The molecule has 2 aromatic carbocycles. The minimum absolute atomic E-state index is 0.0430. The van der Waals surface area contributed by atoms with Crippen LogP contribution in [0.15, 0.2) is 54.2 Å². The van der Waals surface area contributed by atoms with E-state index in [9.17, 15) is 19.7 Å². The third-order valence-electron chi connectivity index (χ3n) is 6.09. The molecule has 0 atom stereocenters. The van der Waals surface area contributed by atoms with Gasteiger partial charge in [-0.15, -0.1) is 0 Å². The number of amides is 2. The summed E-state index contributed by atoms with van der Waals surface area (Å²) in [7, 11) is 0. The number of anilines is 1. The second kappa shape index (κ2) is 8.22. The highest BCUT2D eigenvalue weighted by molar-refractivity contribution is 6.45. The maximum Gasteiger partial charge on any atom is 0.282 e. The Kier molecular flexibility index (Phi) is 5.59. The number of carbonyl (C=O) groups is 2. The highest BCUT2D eigenvalue weighted by Crippen LogP contribution is 2.37. The third kappa shape index (κ3) is 3.90. The van der Waals surface area contributed by atoms with Gasteiger partial charge in [-0.2, -0.15) is 0 Å². The summed E-state index contributed by atoms with van der Waals surface area (Å²) in [5, 5.41) is 11.1. The topological polar surface area (TPSA) is 83.8 Å². The van der Waals surface area contributed by atoms with Crippen LogP contribution in [0.25, 0.3) is 5.57 Å². The maximum atomic E-state index is 13.6. The number of hydrogen-bond acceptors (Lipinski definition) is 5. The lowest BCUT2D eigenvalue weighted by Gasteiger charge is -2.29. The number of nitro benzene ring substituents is 1. The largest absolute Gasteiger partial charge is 0.366 e. The van der Waals surface area contributed by atoms with E-state index in [0.29, 0.717) is 35.6 Å². The summed E-state index contributed by atoms with van der Waals surface area (Å²) in [4.78, 5) is 40.9. The molecule has 7 heteroatoms. The molecule has 0 unspecified atom stereocenters. The first kappa shape index (κ1) is 21.7. The van der Waals surface area contributed by atoms with Gasteiger partial charge >= 0.3 is 0 Å². The van der Waals surface area contributed by atoms with Gasteiger partial charge in [-0.3, -0.25) is 19.7 Å². The summed E-state index contributed by atoms with van der Waals surface area (Å²) >= 11 is 0. The van der Waals surface area contributed by atoms with Gasteiger partial charge in [-0.1, -0.05) is 32.9 Å². The zero-order valence-electron chi connectivity index (χ0n) is 18.6. The minimum atomic E-state index is -0.478. The van der Waals surface area contributed by atoms with Gasteiger partial charge in [0.05, 0.1) is 16.2 Å². The highest BCUT2D eigenvalue weighted by atomic mass is 16.6. The molecular weight excluding hydrogens is 406 g/mol. The van der Waals surface area contributed by atoms with Gasteiger partial charge in [0, 0.05) is 25.2 Å². The van der Waals surface area contributed by atoms with Crippen molar-refractivity contribution in [3.63, 3.8) is 0 Å². The molecule has 2 amide bonds. The van der Waals surface area contributed by atoms with Crippen LogP contribution in [0.5, 0.6) is 0 Å². The fourth-order valence-corrected chi connectivity index (χ4v) is 4.28. The molecule has 166 valence electrons. The number of non-ortho nitro benzene ring substituents is 1. The van der Waals surface area contributed by atoms with Crippen molar-refractivity contribution in [1.29, 1.82) is 0 Å². The van der Waals surface area contributed by atoms with Crippen LogP contribution in [0.3, 0.4) is 0 Å². The number of imide groups is 1. The van der Waals surface area contributed by atoms with Crippen molar-refractivity contribution in [2.75, 3.05) is 18.0 Å². The standard InChI is InChI=1S/C25H27N3O4/c1-25(2,3)18-9-13-19(14-10-18)27-23(29)21(17-7-11-20(12-8-17)28(31)32)22(24(27)30)26-15-5-4-6-16-26/h7-14H,4-6,15-16H2,1-3H3. The Bertz CT molecular complexity index is 1090. The molecule has 0 aromatic heterocycles. The number of likely N-dealkylation sites (tertiary alicyclic amines) is 1. The Balaban J connectivity index is 1.77. The molecular formula is C25H27N3O4. The summed E-state index contributed by atoms with van der Waals surface area (Å²) < 4.78 is 0. The van der Waals surface area contributed by atoms with Crippen molar-refractivity contribution in [3.8, 4) is 0 Å². The van der Waals surface area contributed by atoms with Crippen molar-refractivity contribution in [3.05, 3.63) is 75.5 Å². The number of hydrogen-bond donors (Lipinski definition) is 0. The Morgan fingerprint density at radius 1 is 0.844 bits per heavy atom. The lowest BCUT2D eigenvalue weighted by atomic mass is 9.87. The van der Waals surface area contributed by atoms with Gasteiger partial charge in [0.25, 0.3) is 17.5 Å². The molecule has 4 rings (SSSR count). The Morgan fingerprint density at radius 3 is 1.97 bits per heavy atom. The lowest BCUT2D eigenvalue weighted by molar-refractivity contribution is -0.384. The van der Waals surface area contributed by atoms with Gasteiger partial charge in [0.15, 0.2) is 0 Å². The molecule has 0 bridgehead atoms. The summed E-state index contributed by atoms with van der Waals surface area (Å²) in [6.45, 7) is 7.74. The lowest BCUT2D eigenvalue weighted by Crippen LogP contribution is -2.37. The first-order chi connectivity index (χ1) is 15.2. The number of carbonyl (C=O) groups excluding carboxylic acids is 2. The Morgan fingerprint density at radius 2 is 1.44 bits per heavy atom. The molecule has 0 spiro atoms. The fourth-order valence-electron chi connectivity index (χ4n) is 4.28. The van der Waals surface area contributed by atoms with Gasteiger partial charge in [0.1, 0.15) is 5.70 Å². The van der Waals surface area contributed by atoms with Crippen LogP contribution < -0.4 is 4.90 Å². The van der Waals surface area contributed by atoms with Gasteiger partial charge in [0.2, 0.25) is 0 Å². The van der Waals surface area contributed by atoms with E-state index in [1.807, 2.05) is 29.2 Å². The SMILES string of the molecule is CC(C)(C)c1ccc(N2C(=O)C(c3ccc([N+](=O)[O-])cc3)=C(N3CCCCC3)C2=O)cc1. The molecule has 2 aliphatic rings. The van der Waals surface area contributed by atoms with Crippen molar-refractivity contribution in [2.24, 2.45) is 0 Å². The monoisotopic (exact) mass is 433 g/mol. The molecule has 2 heterocycles. The van der Waals surface area contributed by atoms with Crippen molar-refractivity contribution in [2.45, 2.75) is 45.4 Å². The molecule has 2 aliphatic heterocycles. The van der Waals surface area contributed by atoms with Gasteiger partial charge in [-0.25, -0.2) is 4.90 Å². The molecule has 0 radical (unpaired) electrons. The van der Waals surface area contributed by atoms with E-state index in [4.69, 9.17) is 0 Å². The van der Waals surface area contributed by atoms with Gasteiger partial charge in [-0.05, 0) is 60.1 Å². The normalized spacial score (nSPS) is 17.3. The Labute approximate surface area is 187 Å². The predicted molar refractivity (Wildman–Crippen MR) is 123 cm³/mol. The van der Waals surface area contributed by atoms with Crippen molar-refractivity contribution in [1.82, 2.24) is 4.90 Å². The number of nitro groups is 1. The second-order valence-corrected chi connectivity index (χ2v) is 9.32. The number of nitrogens with zero attached hydrogens (tertiary/aromatic N) is 3. The second-order valence-electron chi connectivity index (χ2n) is 9.32. The van der Waals surface area contributed by atoms with Gasteiger partial charge < -0.3 is 4.90 Å². The third-order valence-corrected chi connectivity index (χ3v) is 6.09. The van der Waals surface area contributed by atoms with Crippen molar-refractivity contribution >= 4 is 28.8 Å². The van der Waals surface area contributed by atoms with Crippen LogP contribution in [0.4, 0.5) is 11.4 Å². The van der Waals surface area contributed by atoms with Crippen molar-refractivity contribution < 1.29 is 14.5 Å². The summed E-state index contributed by atoms with van der Waals surface area (Å²) in [6.07, 6.45) is 3.01. The average Bonchev–Trinajstić information content (AvgIpc) is 3.04. The number of rotatable bonds is 4. The zero-order chi connectivity index (χ0) is 23.0. The zero-order valence-corrected chi connectivity index (χ0v) is 18.6. The predicted octanol–water partition coefficient (Wildman–Crippen LogP) is 4.66. The molecule has 1 saturated heterocycles. The van der Waals surface area contributed by atoms with Crippen LogP contribution in [0.1, 0.15) is 51.2 Å². The molecule has 32 heavy (non-hydrogen) atoms. The average molecular weight is 434 g/mol. The summed E-state index contributed by atoms with van der Waals surface area (Å²) in [5.41, 5.74) is 2.76. The molecule has 0 saturated carbocycles. The van der Waals surface area contributed by atoms with E-state index in [1.165, 1.54) is 17.0 Å². The van der Waals surface area contributed by atoms with E-state index >= 15 is 0 Å². The first-order valence-electron chi connectivity index (χ1n) is 10.9. The van der Waals surface area contributed by atoms with E-state index < -0.39 is 10.8 Å². The minimum Gasteiger partial charge on any atom is -0.366 e. The summed E-state index contributed by atoms with van der Waals surface area (Å²) in [5.74, 6) is -0.735. The van der Waals surface area contributed by atoms with Crippen LogP contribution in [0, 0.1) is 10.1 Å². The van der Waals surface area contributed by atoms with E-state index in [0.717, 1.165) is 24.8 Å². The Hall–Kier alpha value is -3.48. The van der Waals surface area contributed by atoms with Crippen LogP contribution >= 0.6 is 0 Å². The highest BCUT2D eigenvalue weighted by Gasteiger charge is 2.42. The van der Waals surface area contributed by atoms with E-state index in [-0.39, 0.29) is 17.0 Å². The molecule has 0 aliphatic carbocycles. The molecule has 2 aromatic rings. The molecule has 1 fully saturated rings. The van der Waals surface area contributed by atoms with E-state index in [1.54, 1.807) is 12.1 Å². The maximum absolute atomic E-state index is 13.6. The molecule has 0 N–H and O–H groups in total. The smallest absolute Gasteiger partial charge is 0.282 e. The number of piperidine rings is 1.